The molecule has 0 saturated carbocycles. The smallest absolute Gasteiger partial charge is 0.208 e. The predicted molar refractivity (Wildman–Crippen MR) is 38.6 cm³/mol. The Labute approximate surface area is 64.8 Å². The highest BCUT2D eigenvalue weighted by atomic mass is 16.4. The molecular formula is C7H9N3O. The molecule has 1 heterocycles. The maximum atomic E-state index is 8.19. The second-order valence-corrected chi connectivity index (χ2v) is 2.13. The molecule has 0 fully saturated rings. The van der Waals surface area contributed by atoms with Gasteiger partial charge in [-0.1, -0.05) is 0 Å². The number of nitriles is 1. The summed E-state index contributed by atoms with van der Waals surface area (Å²) in [6.45, 7) is 2.67. The van der Waals surface area contributed by atoms with Crippen molar-refractivity contribution < 1.29 is 4.42 Å². The third-order valence-electron chi connectivity index (χ3n) is 1.15. The predicted octanol–water partition coefficient (Wildman–Crippen LogP) is 0.596. The lowest BCUT2D eigenvalue weighted by molar-refractivity contribution is 0.455. The first-order valence-corrected chi connectivity index (χ1v) is 3.32. The molecule has 0 bridgehead atoms. The van der Waals surface area contributed by atoms with Crippen LogP contribution in [0.2, 0.25) is 0 Å². The van der Waals surface area contributed by atoms with Gasteiger partial charge in [0.1, 0.15) is 5.76 Å². The van der Waals surface area contributed by atoms with Gasteiger partial charge >= 0.3 is 0 Å². The average molecular weight is 151 g/mol. The minimum atomic E-state index is 0.321. The molecule has 0 aromatic carbocycles. The molecule has 4 nitrogen and oxygen atoms in total. The summed E-state index contributed by atoms with van der Waals surface area (Å²) in [7, 11) is 0. The molecule has 11 heavy (non-hydrogen) atoms. The molecule has 0 spiro atoms. The Kier molecular flexibility index (Phi) is 2.64. The number of nitrogens with one attached hydrogen (secondary N) is 1. The largest absolute Gasteiger partial charge is 0.445 e. The summed E-state index contributed by atoms with van der Waals surface area (Å²) in [5, 5.41) is 11.0. The lowest BCUT2D eigenvalue weighted by Gasteiger charge is -1.92. The standard InChI is InChI=1S/C7H9N3O/c1-6-4-10-7(11-6)5-9-3-2-8/h4,9H,3,5H2,1H3. The first-order valence-electron chi connectivity index (χ1n) is 3.32. The van der Waals surface area contributed by atoms with E-state index in [1.165, 1.54) is 0 Å². The second kappa shape index (κ2) is 3.74. The van der Waals surface area contributed by atoms with Crippen LogP contribution in [0.25, 0.3) is 0 Å². The van der Waals surface area contributed by atoms with Gasteiger partial charge in [-0.25, -0.2) is 4.98 Å². The molecule has 1 rings (SSSR count). The van der Waals surface area contributed by atoms with Gasteiger partial charge in [-0.15, -0.1) is 0 Å². The van der Waals surface area contributed by atoms with E-state index in [1.807, 2.05) is 13.0 Å². The summed E-state index contributed by atoms with van der Waals surface area (Å²) in [5.74, 6) is 1.41. The van der Waals surface area contributed by atoms with Crippen LogP contribution < -0.4 is 5.32 Å². The van der Waals surface area contributed by atoms with Crippen LogP contribution in [0.15, 0.2) is 10.6 Å². The van der Waals surface area contributed by atoms with Crippen LogP contribution in [0.4, 0.5) is 0 Å². The van der Waals surface area contributed by atoms with E-state index in [4.69, 9.17) is 9.68 Å². The molecular weight excluding hydrogens is 142 g/mol. The van der Waals surface area contributed by atoms with Gasteiger partial charge in [-0.3, -0.25) is 5.32 Å². The first kappa shape index (κ1) is 7.76. The summed E-state index contributed by atoms with van der Waals surface area (Å²) < 4.78 is 5.15. The highest BCUT2D eigenvalue weighted by Crippen LogP contribution is 1.99. The van der Waals surface area contributed by atoms with Gasteiger partial charge in [0.05, 0.1) is 25.4 Å². The van der Waals surface area contributed by atoms with Crippen molar-refractivity contribution >= 4 is 0 Å². The summed E-state index contributed by atoms with van der Waals surface area (Å²) in [6.07, 6.45) is 1.66. The van der Waals surface area contributed by atoms with E-state index in [0.717, 1.165) is 5.76 Å². The molecule has 4 heteroatoms. The number of aryl methyl sites for hydroxylation is 1. The quantitative estimate of drug-likeness (QED) is 0.507. The minimum Gasteiger partial charge on any atom is -0.445 e. The van der Waals surface area contributed by atoms with Gasteiger partial charge in [0.25, 0.3) is 0 Å². The number of rotatable bonds is 3. The van der Waals surface area contributed by atoms with Crippen LogP contribution >= 0.6 is 0 Å². The Morgan fingerprint density at radius 1 is 1.82 bits per heavy atom. The first-order chi connectivity index (χ1) is 5.33. The molecule has 0 aliphatic rings. The maximum Gasteiger partial charge on any atom is 0.208 e. The van der Waals surface area contributed by atoms with E-state index in [2.05, 4.69) is 10.3 Å². The van der Waals surface area contributed by atoms with Gasteiger partial charge in [0.2, 0.25) is 5.89 Å². The van der Waals surface area contributed by atoms with E-state index in [0.29, 0.717) is 19.0 Å². The van der Waals surface area contributed by atoms with Crippen LogP contribution in [-0.2, 0) is 6.54 Å². The maximum absolute atomic E-state index is 8.19. The zero-order chi connectivity index (χ0) is 8.10. The van der Waals surface area contributed by atoms with E-state index in [1.54, 1.807) is 6.20 Å². The zero-order valence-electron chi connectivity index (χ0n) is 6.29. The Balaban J connectivity index is 2.34. The van der Waals surface area contributed by atoms with Crippen molar-refractivity contribution in [3.63, 3.8) is 0 Å². The summed E-state index contributed by atoms with van der Waals surface area (Å²) >= 11 is 0. The van der Waals surface area contributed by atoms with Crippen LogP contribution in [0.1, 0.15) is 11.7 Å². The lowest BCUT2D eigenvalue weighted by Crippen LogP contribution is -2.12. The summed E-state index contributed by atoms with van der Waals surface area (Å²) in [5.41, 5.74) is 0. The van der Waals surface area contributed by atoms with Gasteiger partial charge in [0, 0.05) is 0 Å². The van der Waals surface area contributed by atoms with Crippen LogP contribution in [0, 0.1) is 18.3 Å². The molecule has 0 amide bonds. The molecule has 0 unspecified atom stereocenters. The highest BCUT2D eigenvalue weighted by Gasteiger charge is 1.97. The molecule has 58 valence electrons. The number of hydrogen-bond donors (Lipinski definition) is 1. The molecule has 1 aromatic rings. The fraction of sp³-hybridized carbons (Fsp3) is 0.429. The van der Waals surface area contributed by atoms with Crippen molar-refractivity contribution in [2.75, 3.05) is 6.54 Å². The zero-order valence-corrected chi connectivity index (χ0v) is 6.29. The molecule has 0 aliphatic carbocycles. The van der Waals surface area contributed by atoms with E-state index < -0.39 is 0 Å². The Morgan fingerprint density at radius 3 is 3.18 bits per heavy atom. The van der Waals surface area contributed by atoms with Crippen LogP contribution in [0.5, 0.6) is 0 Å². The summed E-state index contributed by atoms with van der Waals surface area (Å²) in [4.78, 5) is 3.95. The molecule has 1 N–H and O–H groups in total. The van der Waals surface area contributed by atoms with Crippen molar-refractivity contribution in [3.8, 4) is 6.07 Å². The lowest BCUT2D eigenvalue weighted by atomic mass is 10.6. The Morgan fingerprint density at radius 2 is 2.64 bits per heavy atom. The fourth-order valence-electron chi connectivity index (χ4n) is 0.708. The van der Waals surface area contributed by atoms with Gasteiger partial charge < -0.3 is 4.42 Å². The average Bonchev–Trinajstić information content (AvgIpc) is 2.37. The van der Waals surface area contributed by atoms with Crippen LogP contribution in [-0.4, -0.2) is 11.5 Å². The molecule has 0 atom stereocenters. The molecule has 0 aliphatic heterocycles. The Hall–Kier alpha value is -1.34. The third kappa shape index (κ3) is 2.40. The number of hydrogen-bond acceptors (Lipinski definition) is 4. The summed E-state index contributed by atoms with van der Waals surface area (Å²) in [6, 6.07) is 1.96. The monoisotopic (exact) mass is 151 g/mol. The Bertz CT molecular complexity index is 261. The van der Waals surface area contributed by atoms with Crippen molar-refractivity contribution in [3.05, 3.63) is 17.8 Å². The fourth-order valence-corrected chi connectivity index (χ4v) is 0.708. The second-order valence-electron chi connectivity index (χ2n) is 2.13. The van der Waals surface area contributed by atoms with E-state index in [9.17, 15) is 0 Å². The SMILES string of the molecule is Cc1cnc(CNCC#N)o1. The molecule has 0 radical (unpaired) electrons. The normalized spacial score (nSPS) is 9.45. The van der Waals surface area contributed by atoms with E-state index >= 15 is 0 Å². The highest BCUT2D eigenvalue weighted by molar-refractivity contribution is 4.90. The van der Waals surface area contributed by atoms with Gasteiger partial charge in [0.15, 0.2) is 0 Å². The van der Waals surface area contributed by atoms with E-state index in [-0.39, 0.29) is 0 Å². The van der Waals surface area contributed by atoms with Crippen molar-refractivity contribution in [1.29, 1.82) is 5.26 Å². The van der Waals surface area contributed by atoms with Gasteiger partial charge in [-0.05, 0) is 6.92 Å². The molecule has 0 saturated heterocycles. The van der Waals surface area contributed by atoms with Crippen molar-refractivity contribution in [2.24, 2.45) is 0 Å². The third-order valence-corrected chi connectivity index (χ3v) is 1.15. The number of oxazole rings is 1. The minimum absolute atomic E-state index is 0.321. The van der Waals surface area contributed by atoms with Crippen molar-refractivity contribution in [2.45, 2.75) is 13.5 Å². The van der Waals surface area contributed by atoms with Crippen LogP contribution in [0.3, 0.4) is 0 Å². The topological polar surface area (TPSA) is 61.9 Å². The van der Waals surface area contributed by atoms with Gasteiger partial charge in [-0.2, -0.15) is 5.26 Å². The molecule has 1 aromatic heterocycles. The number of aromatic nitrogens is 1. The number of nitrogens with zero attached hydrogens (tertiary/aromatic N) is 2. The van der Waals surface area contributed by atoms with Crippen molar-refractivity contribution in [1.82, 2.24) is 10.3 Å².